The summed E-state index contributed by atoms with van der Waals surface area (Å²) in [4.78, 5) is 41.3. The Bertz CT molecular complexity index is 1050. The topological polar surface area (TPSA) is 105 Å². The number of piperazine rings is 1. The molecule has 0 bridgehead atoms. The van der Waals surface area contributed by atoms with Gasteiger partial charge in [0.25, 0.3) is 0 Å². The van der Waals surface area contributed by atoms with E-state index in [4.69, 9.17) is 4.74 Å². The Labute approximate surface area is 185 Å². The van der Waals surface area contributed by atoms with Crippen molar-refractivity contribution in [3.63, 3.8) is 0 Å². The SMILES string of the molecule is Cc1nc(N2CCN(C(=O)CNC(=O)OCc3ccccc3)CC2)cc(-n2ccnc2)n1. The van der Waals surface area contributed by atoms with E-state index in [1.165, 1.54) is 0 Å². The van der Waals surface area contributed by atoms with Gasteiger partial charge in [0.1, 0.15) is 36.9 Å². The second-order valence-electron chi connectivity index (χ2n) is 7.38. The molecule has 0 unspecified atom stereocenters. The third-order valence-corrected chi connectivity index (χ3v) is 5.13. The molecule has 1 aliphatic heterocycles. The van der Waals surface area contributed by atoms with Gasteiger partial charge in [-0.05, 0) is 12.5 Å². The summed E-state index contributed by atoms with van der Waals surface area (Å²) in [6.45, 7) is 4.30. The standard InChI is InChI=1S/C22H25N7O3/c1-17-25-19(13-20(26-17)29-8-7-23-16-29)27-9-11-28(12-10-27)21(30)14-24-22(31)32-15-18-5-3-2-4-6-18/h2-8,13,16H,9-12,14-15H2,1H3,(H,24,31). The first-order valence-electron chi connectivity index (χ1n) is 10.4. The Morgan fingerprint density at radius 3 is 2.53 bits per heavy atom. The van der Waals surface area contributed by atoms with Crippen LogP contribution in [0, 0.1) is 6.92 Å². The molecule has 32 heavy (non-hydrogen) atoms. The quantitative estimate of drug-likeness (QED) is 0.626. The average Bonchev–Trinajstić information content (AvgIpc) is 3.37. The van der Waals surface area contributed by atoms with Gasteiger partial charge in [0.2, 0.25) is 5.91 Å². The zero-order valence-electron chi connectivity index (χ0n) is 17.8. The molecule has 3 aromatic rings. The molecule has 1 N–H and O–H groups in total. The van der Waals surface area contributed by atoms with Crippen molar-refractivity contribution in [1.82, 2.24) is 29.7 Å². The second kappa shape index (κ2) is 9.90. The van der Waals surface area contributed by atoms with Crippen LogP contribution in [0.4, 0.5) is 10.6 Å². The molecule has 166 valence electrons. The van der Waals surface area contributed by atoms with E-state index < -0.39 is 6.09 Å². The van der Waals surface area contributed by atoms with E-state index >= 15 is 0 Å². The van der Waals surface area contributed by atoms with Crippen LogP contribution in [0.25, 0.3) is 5.82 Å². The maximum atomic E-state index is 12.5. The normalized spacial score (nSPS) is 13.7. The van der Waals surface area contributed by atoms with Gasteiger partial charge in [-0.25, -0.2) is 19.7 Å². The predicted octanol–water partition coefficient (Wildman–Crippen LogP) is 1.55. The van der Waals surface area contributed by atoms with Crippen molar-refractivity contribution in [2.45, 2.75) is 13.5 Å². The van der Waals surface area contributed by atoms with Crippen molar-refractivity contribution in [1.29, 1.82) is 0 Å². The van der Waals surface area contributed by atoms with Crippen LogP contribution in [-0.4, -0.2) is 69.1 Å². The van der Waals surface area contributed by atoms with Crippen LogP contribution < -0.4 is 10.2 Å². The number of nitrogens with one attached hydrogen (secondary N) is 1. The van der Waals surface area contributed by atoms with Crippen LogP contribution in [0.1, 0.15) is 11.4 Å². The lowest BCUT2D eigenvalue weighted by Crippen LogP contribution is -2.51. The number of hydrogen-bond donors (Lipinski definition) is 1. The zero-order chi connectivity index (χ0) is 22.3. The minimum atomic E-state index is -0.607. The second-order valence-corrected chi connectivity index (χ2v) is 7.38. The van der Waals surface area contributed by atoms with E-state index in [9.17, 15) is 9.59 Å². The Morgan fingerprint density at radius 2 is 1.81 bits per heavy atom. The van der Waals surface area contributed by atoms with Gasteiger partial charge in [-0.15, -0.1) is 0 Å². The van der Waals surface area contributed by atoms with Gasteiger partial charge in [0.05, 0.1) is 0 Å². The summed E-state index contributed by atoms with van der Waals surface area (Å²) in [5.41, 5.74) is 0.890. The van der Waals surface area contributed by atoms with Gasteiger partial charge in [-0.2, -0.15) is 0 Å². The molecule has 0 radical (unpaired) electrons. The van der Waals surface area contributed by atoms with Crippen molar-refractivity contribution >= 4 is 17.8 Å². The number of carbonyl (C=O) groups excluding carboxylic acids is 2. The molecular formula is C22H25N7O3. The molecule has 2 aromatic heterocycles. The van der Waals surface area contributed by atoms with Crippen LogP contribution in [-0.2, 0) is 16.1 Å². The summed E-state index contributed by atoms with van der Waals surface area (Å²) < 4.78 is 6.98. The van der Waals surface area contributed by atoms with E-state index in [2.05, 4.69) is 25.2 Å². The van der Waals surface area contributed by atoms with Gasteiger partial charge in [0, 0.05) is 44.6 Å². The number of aryl methyl sites for hydroxylation is 1. The number of alkyl carbamates (subject to hydrolysis) is 1. The van der Waals surface area contributed by atoms with Gasteiger partial charge >= 0.3 is 6.09 Å². The number of nitrogens with zero attached hydrogens (tertiary/aromatic N) is 6. The molecule has 0 aliphatic carbocycles. The van der Waals surface area contributed by atoms with Crippen LogP contribution in [0.5, 0.6) is 0 Å². The lowest BCUT2D eigenvalue weighted by atomic mass is 10.2. The fraction of sp³-hybridized carbons (Fsp3) is 0.318. The van der Waals surface area contributed by atoms with Crippen molar-refractivity contribution < 1.29 is 14.3 Å². The third kappa shape index (κ3) is 5.39. The highest BCUT2D eigenvalue weighted by Gasteiger charge is 2.23. The average molecular weight is 435 g/mol. The Morgan fingerprint density at radius 1 is 1.06 bits per heavy atom. The lowest BCUT2D eigenvalue weighted by molar-refractivity contribution is -0.130. The maximum absolute atomic E-state index is 12.5. The minimum Gasteiger partial charge on any atom is -0.445 e. The predicted molar refractivity (Wildman–Crippen MR) is 117 cm³/mol. The first kappa shape index (κ1) is 21.3. The molecule has 0 saturated carbocycles. The van der Waals surface area contributed by atoms with Crippen LogP contribution >= 0.6 is 0 Å². The third-order valence-electron chi connectivity index (χ3n) is 5.13. The van der Waals surface area contributed by atoms with Gasteiger partial charge in [0.15, 0.2) is 0 Å². The number of hydrogen-bond acceptors (Lipinski definition) is 7. The van der Waals surface area contributed by atoms with E-state index in [1.807, 2.05) is 54.1 Å². The fourth-order valence-corrected chi connectivity index (χ4v) is 3.44. The number of rotatable bonds is 6. The first-order chi connectivity index (χ1) is 15.6. The summed E-state index contributed by atoms with van der Waals surface area (Å²) in [7, 11) is 0. The van der Waals surface area contributed by atoms with E-state index in [-0.39, 0.29) is 19.1 Å². The number of aromatic nitrogens is 4. The number of carbonyl (C=O) groups is 2. The highest BCUT2D eigenvalue weighted by molar-refractivity contribution is 5.82. The molecule has 0 atom stereocenters. The minimum absolute atomic E-state index is 0.0922. The molecule has 2 amide bonds. The monoisotopic (exact) mass is 435 g/mol. The van der Waals surface area contributed by atoms with Crippen LogP contribution in [0.15, 0.2) is 55.1 Å². The Hall–Kier alpha value is -3.95. The van der Waals surface area contributed by atoms with Crippen molar-refractivity contribution in [3.05, 3.63) is 66.5 Å². The highest BCUT2D eigenvalue weighted by Crippen LogP contribution is 2.17. The number of ether oxygens (including phenoxy) is 1. The number of amides is 2. The lowest BCUT2D eigenvalue weighted by Gasteiger charge is -2.35. The van der Waals surface area contributed by atoms with E-state index in [0.717, 1.165) is 17.2 Å². The fourth-order valence-electron chi connectivity index (χ4n) is 3.44. The van der Waals surface area contributed by atoms with E-state index in [1.54, 1.807) is 17.4 Å². The van der Waals surface area contributed by atoms with Crippen molar-refractivity contribution in [2.24, 2.45) is 0 Å². The molecule has 1 saturated heterocycles. The molecular weight excluding hydrogens is 410 g/mol. The molecule has 1 aliphatic rings. The summed E-state index contributed by atoms with van der Waals surface area (Å²) >= 11 is 0. The van der Waals surface area contributed by atoms with Crippen LogP contribution in [0.2, 0.25) is 0 Å². The maximum Gasteiger partial charge on any atom is 0.407 e. The summed E-state index contributed by atoms with van der Waals surface area (Å²) in [5, 5.41) is 2.53. The molecule has 1 fully saturated rings. The van der Waals surface area contributed by atoms with Gasteiger partial charge in [-0.1, -0.05) is 30.3 Å². The van der Waals surface area contributed by atoms with Gasteiger partial charge < -0.3 is 19.9 Å². The number of imidazole rings is 1. The molecule has 1 aromatic carbocycles. The molecule has 3 heterocycles. The van der Waals surface area contributed by atoms with E-state index in [0.29, 0.717) is 32.0 Å². The number of anilines is 1. The summed E-state index contributed by atoms with van der Waals surface area (Å²) in [5.74, 6) is 2.10. The van der Waals surface area contributed by atoms with Crippen molar-refractivity contribution in [2.75, 3.05) is 37.6 Å². The molecule has 10 nitrogen and oxygen atoms in total. The first-order valence-corrected chi connectivity index (χ1v) is 10.4. The Balaban J connectivity index is 1.25. The van der Waals surface area contributed by atoms with Crippen LogP contribution in [0.3, 0.4) is 0 Å². The Kier molecular flexibility index (Phi) is 6.59. The zero-order valence-corrected chi connectivity index (χ0v) is 17.8. The summed E-state index contributed by atoms with van der Waals surface area (Å²) in [6, 6.07) is 11.3. The molecule has 4 rings (SSSR count). The largest absolute Gasteiger partial charge is 0.445 e. The number of benzene rings is 1. The van der Waals surface area contributed by atoms with Crippen molar-refractivity contribution in [3.8, 4) is 5.82 Å². The highest BCUT2D eigenvalue weighted by atomic mass is 16.5. The smallest absolute Gasteiger partial charge is 0.407 e. The summed E-state index contributed by atoms with van der Waals surface area (Å²) in [6.07, 6.45) is 4.62. The molecule has 0 spiro atoms. The molecule has 10 heteroatoms. The van der Waals surface area contributed by atoms with Gasteiger partial charge in [-0.3, -0.25) is 9.36 Å².